The van der Waals surface area contributed by atoms with Gasteiger partial charge in [-0.05, 0) is 28.5 Å². The highest BCUT2D eigenvalue weighted by Gasteiger charge is 2.47. The molecule has 23 heavy (non-hydrogen) atoms. The molecular formula is C16H12F3N3O. The maximum absolute atomic E-state index is 13.5. The average molecular weight is 319 g/mol. The minimum absolute atomic E-state index is 0.0191. The second kappa shape index (κ2) is 5.56. The van der Waals surface area contributed by atoms with Gasteiger partial charge in [-0.3, -0.25) is 10.2 Å². The van der Waals surface area contributed by atoms with Gasteiger partial charge < -0.3 is 0 Å². The zero-order chi connectivity index (χ0) is 16.6. The fourth-order valence-electron chi connectivity index (χ4n) is 2.82. The number of hydrazine groups is 1. The van der Waals surface area contributed by atoms with Gasteiger partial charge in [0.05, 0.1) is 11.6 Å². The number of hydrogen-bond donors (Lipinski definition) is 1. The molecule has 1 saturated heterocycles. The van der Waals surface area contributed by atoms with Gasteiger partial charge in [0.15, 0.2) is 0 Å². The Labute approximate surface area is 130 Å². The summed E-state index contributed by atoms with van der Waals surface area (Å²) < 4.78 is 40.6. The lowest BCUT2D eigenvalue weighted by Gasteiger charge is -2.29. The molecule has 0 spiro atoms. The second-order valence-corrected chi connectivity index (χ2v) is 5.32. The summed E-state index contributed by atoms with van der Waals surface area (Å²) >= 11 is 0. The summed E-state index contributed by atoms with van der Waals surface area (Å²) in [6.45, 7) is -0.0300. The van der Waals surface area contributed by atoms with E-state index in [1.54, 1.807) is 24.3 Å². The summed E-state index contributed by atoms with van der Waals surface area (Å²) in [5.74, 6) is -0.444. The van der Waals surface area contributed by atoms with E-state index in [0.717, 1.165) is 5.01 Å². The number of fused-ring (bicyclic) bond motifs is 1. The van der Waals surface area contributed by atoms with Gasteiger partial charge in [0, 0.05) is 13.0 Å². The molecule has 0 aliphatic carbocycles. The van der Waals surface area contributed by atoms with Crippen LogP contribution in [0.25, 0.3) is 10.8 Å². The van der Waals surface area contributed by atoms with Gasteiger partial charge in [-0.25, -0.2) is 5.01 Å². The molecule has 3 rings (SSSR count). The minimum Gasteiger partial charge on any atom is -0.288 e. The Hall–Kier alpha value is -2.59. The van der Waals surface area contributed by atoms with Gasteiger partial charge in [0.1, 0.15) is 6.04 Å². The van der Waals surface area contributed by atoms with E-state index >= 15 is 0 Å². The van der Waals surface area contributed by atoms with Crippen LogP contribution in [0.5, 0.6) is 0 Å². The van der Waals surface area contributed by atoms with Crippen LogP contribution in [0.2, 0.25) is 0 Å². The maximum Gasteiger partial charge on any atom is 0.409 e. The monoisotopic (exact) mass is 319 g/mol. The molecule has 1 atom stereocenters. The zero-order valence-corrected chi connectivity index (χ0v) is 11.9. The Morgan fingerprint density at radius 2 is 2.00 bits per heavy atom. The van der Waals surface area contributed by atoms with Crippen LogP contribution in [0.3, 0.4) is 0 Å². The number of nitriles is 1. The first kappa shape index (κ1) is 15.3. The molecule has 118 valence electrons. The Kier molecular flexibility index (Phi) is 3.70. The van der Waals surface area contributed by atoms with Crippen molar-refractivity contribution in [3.8, 4) is 6.07 Å². The topological polar surface area (TPSA) is 56.1 Å². The summed E-state index contributed by atoms with van der Waals surface area (Å²) in [5, 5.41) is 11.3. The number of nitrogens with one attached hydrogen (secondary N) is 1. The maximum atomic E-state index is 13.5. The van der Waals surface area contributed by atoms with E-state index in [1.165, 1.54) is 12.1 Å². The third kappa shape index (κ3) is 2.85. The fourth-order valence-corrected chi connectivity index (χ4v) is 2.82. The fraction of sp³-hybridized carbons (Fsp3) is 0.250. The highest BCUT2D eigenvalue weighted by Crippen LogP contribution is 2.39. The van der Waals surface area contributed by atoms with Crippen molar-refractivity contribution >= 4 is 16.7 Å². The first-order chi connectivity index (χ1) is 10.9. The average Bonchev–Trinajstić information content (AvgIpc) is 2.91. The number of carbonyl (C=O) groups excluding carboxylic acids is 1. The molecule has 1 amide bonds. The van der Waals surface area contributed by atoms with E-state index in [0.29, 0.717) is 10.8 Å². The molecule has 4 nitrogen and oxygen atoms in total. The van der Waals surface area contributed by atoms with Crippen molar-refractivity contribution in [1.29, 1.82) is 5.26 Å². The van der Waals surface area contributed by atoms with Crippen LogP contribution in [0, 0.1) is 11.3 Å². The normalized spacial score (nSPS) is 17.0. The van der Waals surface area contributed by atoms with Crippen LogP contribution in [0.1, 0.15) is 23.6 Å². The predicted molar refractivity (Wildman–Crippen MR) is 76.9 cm³/mol. The van der Waals surface area contributed by atoms with Crippen LogP contribution in [-0.2, 0) is 4.79 Å². The quantitative estimate of drug-likeness (QED) is 0.925. The highest BCUT2D eigenvalue weighted by atomic mass is 19.4. The molecule has 0 unspecified atom stereocenters. The summed E-state index contributed by atoms with van der Waals surface area (Å²) in [6.07, 6.45) is -4.56. The van der Waals surface area contributed by atoms with Crippen molar-refractivity contribution < 1.29 is 18.0 Å². The molecule has 2 aromatic rings. The molecule has 1 aliphatic rings. The smallest absolute Gasteiger partial charge is 0.288 e. The molecule has 0 bridgehead atoms. The Morgan fingerprint density at radius 3 is 2.61 bits per heavy atom. The van der Waals surface area contributed by atoms with E-state index in [2.05, 4.69) is 5.43 Å². The van der Waals surface area contributed by atoms with Crippen LogP contribution >= 0.6 is 0 Å². The number of benzene rings is 2. The van der Waals surface area contributed by atoms with E-state index in [-0.39, 0.29) is 24.1 Å². The molecule has 1 fully saturated rings. The standard InChI is InChI=1S/C16H12F3N3O/c17-16(18,19)15(22-6-5-14(23)21-22)11-7-10-3-1-2-4-13(10)12(8-11)9-20/h1-4,7-8,15H,5-6H2,(H,21,23)/t15-/m0/s1. The van der Waals surface area contributed by atoms with Crippen molar-refractivity contribution in [3.63, 3.8) is 0 Å². The molecular weight excluding hydrogens is 307 g/mol. The molecule has 2 aromatic carbocycles. The summed E-state index contributed by atoms with van der Waals surface area (Å²) in [4.78, 5) is 11.3. The SMILES string of the molecule is N#Cc1cc([C@H](N2CCC(=O)N2)C(F)(F)F)cc2ccccc12. The van der Waals surface area contributed by atoms with Gasteiger partial charge in [-0.15, -0.1) is 0 Å². The molecule has 0 radical (unpaired) electrons. The molecule has 1 aliphatic heterocycles. The third-order valence-corrected chi connectivity index (χ3v) is 3.79. The number of halogens is 3. The van der Waals surface area contributed by atoms with Crippen molar-refractivity contribution in [3.05, 3.63) is 47.5 Å². The minimum atomic E-state index is -4.58. The predicted octanol–water partition coefficient (Wildman–Crippen LogP) is 3.05. The lowest BCUT2D eigenvalue weighted by atomic mass is 9.97. The lowest BCUT2D eigenvalue weighted by Crippen LogP contribution is -2.43. The van der Waals surface area contributed by atoms with Crippen LogP contribution in [0.15, 0.2) is 36.4 Å². The molecule has 1 N–H and O–H groups in total. The number of nitrogens with zero attached hydrogens (tertiary/aromatic N) is 2. The van der Waals surface area contributed by atoms with Crippen molar-refractivity contribution in [1.82, 2.24) is 10.4 Å². The van der Waals surface area contributed by atoms with Crippen LogP contribution in [0.4, 0.5) is 13.2 Å². The molecule has 0 saturated carbocycles. The van der Waals surface area contributed by atoms with E-state index in [1.807, 2.05) is 6.07 Å². The van der Waals surface area contributed by atoms with Gasteiger partial charge in [-0.1, -0.05) is 24.3 Å². The van der Waals surface area contributed by atoms with E-state index in [9.17, 15) is 23.2 Å². The molecule has 1 heterocycles. The number of alkyl halides is 3. The number of hydrogen-bond acceptors (Lipinski definition) is 3. The van der Waals surface area contributed by atoms with Crippen molar-refractivity contribution in [2.75, 3.05) is 6.54 Å². The Morgan fingerprint density at radius 1 is 1.26 bits per heavy atom. The first-order valence-electron chi connectivity index (χ1n) is 6.96. The Balaban J connectivity index is 2.15. The molecule has 7 heteroatoms. The van der Waals surface area contributed by atoms with Crippen molar-refractivity contribution in [2.24, 2.45) is 0 Å². The zero-order valence-electron chi connectivity index (χ0n) is 11.9. The Bertz CT molecular complexity index is 810. The molecule has 0 aromatic heterocycles. The lowest BCUT2D eigenvalue weighted by molar-refractivity contribution is -0.191. The summed E-state index contributed by atoms with van der Waals surface area (Å²) in [5.41, 5.74) is 2.35. The second-order valence-electron chi connectivity index (χ2n) is 5.32. The van der Waals surface area contributed by atoms with Crippen LogP contribution < -0.4 is 5.43 Å². The summed E-state index contributed by atoms with van der Waals surface area (Å²) in [6, 6.07) is 9.40. The third-order valence-electron chi connectivity index (χ3n) is 3.79. The highest BCUT2D eigenvalue weighted by molar-refractivity contribution is 5.88. The van der Waals surface area contributed by atoms with Gasteiger partial charge in [-0.2, -0.15) is 18.4 Å². The number of amides is 1. The number of rotatable bonds is 2. The van der Waals surface area contributed by atoms with Crippen LogP contribution in [-0.4, -0.2) is 23.6 Å². The van der Waals surface area contributed by atoms with Gasteiger partial charge in [0.2, 0.25) is 5.91 Å². The van der Waals surface area contributed by atoms with Gasteiger partial charge >= 0.3 is 6.18 Å². The first-order valence-corrected chi connectivity index (χ1v) is 6.96. The van der Waals surface area contributed by atoms with Gasteiger partial charge in [0.25, 0.3) is 0 Å². The largest absolute Gasteiger partial charge is 0.409 e. The summed E-state index contributed by atoms with van der Waals surface area (Å²) in [7, 11) is 0. The van der Waals surface area contributed by atoms with E-state index in [4.69, 9.17) is 0 Å². The van der Waals surface area contributed by atoms with Crippen molar-refractivity contribution in [2.45, 2.75) is 18.6 Å². The number of carbonyl (C=O) groups is 1. The van der Waals surface area contributed by atoms with E-state index < -0.39 is 18.1 Å².